The van der Waals surface area contributed by atoms with E-state index >= 15 is 0 Å². The van der Waals surface area contributed by atoms with Crippen LogP contribution in [0.4, 0.5) is 0 Å². The summed E-state index contributed by atoms with van der Waals surface area (Å²) in [5, 5.41) is 0. The summed E-state index contributed by atoms with van der Waals surface area (Å²) in [6, 6.07) is 8.88. The topological polar surface area (TPSA) is 50.4 Å². The van der Waals surface area contributed by atoms with Crippen LogP contribution >= 0.6 is 0 Å². The van der Waals surface area contributed by atoms with E-state index in [1.807, 2.05) is 6.92 Å². The molecule has 1 saturated heterocycles. The zero-order valence-corrected chi connectivity index (χ0v) is 13.3. The van der Waals surface area contributed by atoms with Crippen LogP contribution in [-0.2, 0) is 9.53 Å². The van der Waals surface area contributed by atoms with Crippen LogP contribution in [0.25, 0.3) is 0 Å². The quantitative estimate of drug-likeness (QED) is 0.839. The molecule has 0 bridgehead atoms. The van der Waals surface area contributed by atoms with Crippen LogP contribution in [0.1, 0.15) is 68.5 Å². The molecule has 0 spiro atoms. The van der Waals surface area contributed by atoms with Crippen molar-refractivity contribution in [3.63, 3.8) is 0 Å². The number of nitrogens with one attached hydrogen (secondary N) is 2. The number of carbonyl (C=O) groups excluding carboxylic acids is 1. The van der Waals surface area contributed by atoms with E-state index in [-0.39, 0.29) is 18.1 Å². The Morgan fingerprint density at radius 3 is 2.45 bits per heavy atom. The minimum atomic E-state index is -0.247. The number of carbonyl (C=O) groups is 1. The van der Waals surface area contributed by atoms with Crippen molar-refractivity contribution in [1.82, 2.24) is 10.9 Å². The first-order chi connectivity index (χ1) is 10.8. The highest BCUT2D eigenvalue weighted by Gasteiger charge is 2.31. The summed E-state index contributed by atoms with van der Waals surface area (Å²) in [6.07, 6.45) is 7.51. The molecule has 0 radical (unpaired) electrons. The van der Waals surface area contributed by atoms with E-state index in [0.717, 1.165) is 12.3 Å². The minimum Gasteiger partial charge on any atom is -0.465 e. The summed E-state index contributed by atoms with van der Waals surface area (Å²) in [6.45, 7) is 2.26. The third-order valence-corrected chi connectivity index (χ3v) is 4.89. The van der Waals surface area contributed by atoms with Crippen LogP contribution in [0.15, 0.2) is 24.3 Å². The molecule has 2 atom stereocenters. The van der Waals surface area contributed by atoms with Gasteiger partial charge in [0.25, 0.3) is 0 Å². The van der Waals surface area contributed by atoms with Crippen molar-refractivity contribution in [2.75, 3.05) is 6.61 Å². The highest BCUT2D eigenvalue weighted by molar-refractivity contribution is 5.76. The van der Waals surface area contributed by atoms with Crippen molar-refractivity contribution in [3.8, 4) is 0 Å². The lowest BCUT2D eigenvalue weighted by Gasteiger charge is -2.22. The molecule has 1 heterocycles. The molecule has 1 aromatic rings. The van der Waals surface area contributed by atoms with Crippen LogP contribution in [0.3, 0.4) is 0 Å². The highest BCUT2D eigenvalue weighted by atomic mass is 16.5. The van der Waals surface area contributed by atoms with Crippen molar-refractivity contribution in [3.05, 3.63) is 35.4 Å². The molecule has 2 fully saturated rings. The summed E-state index contributed by atoms with van der Waals surface area (Å²) < 4.78 is 5.07. The minimum absolute atomic E-state index is 0.170. The first-order valence-electron chi connectivity index (χ1n) is 8.55. The summed E-state index contributed by atoms with van der Waals surface area (Å²) in [4.78, 5) is 11.8. The predicted octanol–water partition coefficient (Wildman–Crippen LogP) is 3.21. The Hall–Kier alpha value is -1.39. The fourth-order valence-corrected chi connectivity index (χ4v) is 3.61. The smallest absolute Gasteiger partial charge is 0.324 e. The molecular weight excluding hydrogens is 276 g/mol. The Morgan fingerprint density at radius 1 is 1.09 bits per heavy atom. The Bertz CT molecular complexity index is 494. The van der Waals surface area contributed by atoms with Crippen LogP contribution in [-0.4, -0.2) is 18.6 Å². The van der Waals surface area contributed by atoms with Gasteiger partial charge >= 0.3 is 5.97 Å². The van der Waals surface area contributed by atoms with Gasteiger partial charge in [0.2, 0.25) is 0 Å². The molecule has 0 amide bonds. The van der Waals surface area contributed by atoms with Crippen molar-refractivity contribution in [2.45, 2.75) is 63.5 Å². The number of esters is 1. The third kappa shape index (κ3) is 3.50. The highest BCUT2D eigenvalue weighted by Crippen LogP contribution is 2.33. The van der Waals surface area contributed by atoms with Crippen molar-refractivity contribution >= 4 is 5.97 Å². The van der Waals surface area contributed by atoms with Crippen molar-refractivity contribution in [2.24, 2.45) is 0 Å². The molecule has 1 aromatic carbocycles. The van der Waals surface area contributed by atoms with Gasteiger partial charge in [-0.25, -0.2) is 10.9 Å². The molecule has 3 rings (SSSR count). The van der Waals surface area contributed by atoms with Crippen LogP contribution in [0, 0.1) is 0 Å². The first kappa shape index (κ1) is 15.5. The van der Waals surface area contributed by atoms with E-state index in [0.29, 0.717) is 6.61 Å². The zero-order chi connectivity index (χ0) is 15.4. The van der Waals surface area contributed by atoms with Gasteiger partial charge in [-0.15, -0.1) is 0 Å². The number of rotatable bonds is 4. The lowest BCUT2D eigenvalue weighted by Crippen LogP contribution is -2.37. The fraction of sp³-hybridized carbons (Fsp3) is 0.611. The normalized spacial score (nSPS) is 26.0. The molecule has 1 aliphatic heterocycles. The summed E-state index contributed by atoms with van der Waals surface area (Å²) >= 11 is 0. The van der Waals surface area contributed by atoms with E-state index in [1.165, 1.54) is 43.2 Å². The number of ether oxygens (including phenoxy) is 1. The van der Waals surface area contributed by atoms with Crippen LogP contribution in [0.5, 0.6) is 0 Å². The van der Waals surface area contributed by atoms with Gasteiger partial charge in [-0.05, 0) is 43.2 Å². The molecule has 2 unspecified atom stereocenters. The Kier molecular flexibility index (Phi) is 5.11. The molecule has 2 aliphatic rings. The second kappa shape index (κ2) is 7.25. The summed E-state index contributed by atoms with van der Waals surface area (Å²) in [7, 11) is 0. The second-order valence-electron chi connectivity index (χ2n) is 6.38. The van der Waals surface area contributed by atoms with E-state index in [1.54, 1.807) is 0 Å². The molecule has 22 heavy (non-hydrogen) atoms. The van der Waals surface area contributed by atoms with E-state index < -0.39 is 0 Å². The maximum atomic E-state index is 11.8. The van der Waals surface area contributed by atoms with Gasteiger partial charge in [-0.3, -0.25) is 4.79 Å². The Morgan fingerprint density at radius 2 is 1.77 bits per heavy atom. The van der Waals surface area contributed by atoms with Gasteiger partial charge in [-0.2, -0.15) is 0 Å². The molecule has 4 heteroatoms. The first-order valence-corrected chi connectivity index (χ1v) is 8.55. The zero-order valence-electron chi connectivity index (χ0n) is 13.3. The van der Waals surface area contributed by atoms with Crippen LogP contribution in [0.2, 0.25) is 0 Å². The molecule has 1 saturated carbocycles. The Balaban J connectivity index is 1.60. The number of hydrazine groups is 1. The average Bonchev–Trinajstić information content (AvgIpc) is 3.06. The lowest BCUT2D eigenvalue weighted by atomic mass is 9.83. The monoisotopic (exact) mass is 302 g/mol. The van der Waals surface area contributed by atoms with Crippen molar-refractivity contribution < 1.29 is 9.53 Å². The largest absolute Gasteiger partial charge is 0.465 e. The van der Waals surface area contributed by atoms with Crippen LogP contribution < -0.4 is 10.9 Å². The molecule has 2 N–H and O–H groups in total. The summed E-state index contributed by atoms with van der Waals surface area (Å²) in [5.41, 5.74) is 8.96. The van der Waals surface area contributed by atoms with Gasteiger partial charge in [-0.1, -0.05) is 43.5 Å². The third-order valence-electron chi connectivity index (χ3n) is 4.89. The molecule has 0 aromatic heterocycles. The van der Waals surface area contributed by atoms with Gasteiger partial charge in [0.15, 0.2) is 0 Å². The number of hydrogen-bond donors (Lipinski definition) is 2. The van der Waals surface area contributed by atoms with Gasteiger partial charge in [0.1, 0.15) is 6.04 Å². The molecule has 120 valence electrons. The SMILES string of the molecule is CCOC(=O)C1CC(c2ccc(C3CCCCC3)cc2)NN1. The summed E-state index contributed by atoms with van der Waals surface area (Å²) in [5.74, 6) is 0.570. The van der Waals surface area contributed by atoms with Gasteiger partial charge in [0.05, 0.1) is 6.61 Å². The predicted molar refractivity (Wildman–Crippen MR) is 86.3 cm³/mol. The number of hydrogen-bond acceptors (Lipinski definition) is 4. The van der Waals surface area contributed by atoms with Gasteiger partial charge in [0, 0.05) is 6.04 Å². The van der Waals surface area contributed by atoms with E-state index in [9.17, 15) is 4.79 Å². The fourth-order valence-electron chi connectivity index (χ4n) is 3.61. The Labute approximate surface area is 132 Å². The second-order valence-corrected chi connectivity index (χ2v) is 6.38. The maximum absolute atomic E-state index is 11.8. The number of benzene rings is 1. The average molecular weight is 302 g/mol. The van der Waals surface area contributed by atoms with Crippen molar-refractivity contribution in [1.29, 1.82) is 0 Å². The van der Waals surface area contributed by atoms with Gasteiger partial charge < -0.3 is 4.74 Å². The lowest BCUT2D eigenvalue weighted by molar-refractivity contribution is -0.145. The maximum Gasteiger partial charge on any atom is 0.324 e. The standard InChI is InChI=1S/C18H26N2O2/c1-2-22-18(21)17-12-16(19-20-17)15-10-8-14(9-11-15)13-6-4-3-5-7-13/h8-11,13,16-17,19-20H,2-7,12H2,1H3. The van der Waals surface area contributed by atoms with E-state index in [2.05, 4.69) is 35.1 Å². The molecule has 1 aliphatic carbocycles. The molecule has 4 nitrogen and oxygen atoms in total. The molecular formula is C18H26N2O2. The van der Waals surface area contributed by atoms with E-state index in [4.69, 9.17) is 4.74 Å².